The zero-order valence-electron chi connectivity index (χ0n) is 17.2. The van der Waals surface area contributed by atoms with Crippen LogP contribution in [0.4, 0.5) is 0 Å². The molecule has 0 amide bonds. The topological polar surface area (TPSA) is 59.0 Å². The molecule has 1 fully saturated rings. The average molecular weight is 485 g/mol. The summed E-state index contributed by atoms with van der Waals surface area (Å²) in [4.78, 5) is 13.4. The van der Waals surface area contributed by atoms with Gasteiger partial charge in [-0.3, -0.25) is 4.79 Å². The highest BCUT2D eigenvalue weighted by Crippen LogP contribution is 2.47. The molecule has 0 aromatic heterocycles. The summed E-state index contributed by atoms with van der Waals surface area (Å²) in [5, 5.41) is 10.6. The van der Waals surface area contributed by atoms with E-state index in [9.17, 15) is 4.79 Å². The van der Waals surface area contributed by atoms with E-state index in [0.717, 1.165) is 31.7 Å². The van der Waals surface area contributed by atoms with E-state index in [-0.39, 0.29) is 17.9 Å². The molecule has 0 saturated carbocycles. The number of likely N-dealkylation sites (tertiary alicyclic amines) is 1. The summed E-state index contributed by atoms with van der Waals surface area (Å²) in [7, 11) is 0. The van der Waals surface area contributed by atoms with Crippen molar-refractivity contribution in [2.45, 2.75) is 31.8 Å². The standard InChI is InChI=1S/C23H24Cl3NO4/c1-14(22(28)29)11-27-6-4-23(5-7-27)13-31-21-10-16(2-3-18(21)23)30-12-17-19(25)8-15(24)9-20(17)26/h2-3,8-10,14H,4-7,11-13H2,1H3,(H,28,29). The molecule has 1 spiro atoms. The van der Waals surface area contributed by atoms with Crippen LogP contribution in [0.25, 0.3) is 0 Å². The van der Waals surface area contributed by atoms with Crippen molar-refractivity contribution in [1.29, 1.82) is 0 Å². The number of fused-ring (bicyclic) bond motifs is 2. The van der Waals surface area contributed by atoms with Crippen LogP contribution in [0.1, 0.15) is 30.9 Å². The Morgan fingerprint density at radius 1 is 1.19 bits per heavy atom. The first-order valence-corrected chi connectivity index (χ1v) is 11.4. The number of carboxylic acids is 1. The van der Waals surface area contributed by atoms with Crippen LogP contribution in [0.5, 0.6) is 11.5 Å². The van der Waals surface area contributed by atoms with Gasteiger partial charge in [0.15, 0.2) is 0 Å². The van der Waals surface area contributed by atoms with Crippen LogP contribution in [-0.4, -0.2) is 42.2 Å². The van der Waals surface area contributed by atoms with Crippen molar-refractivity contribution in [3.63, 3.8) is 0 Å². The number of benzene rings is 2. The molecule has 31 heavy (non-hydrogen) atoms. The Balaban J connectivity index is 1.41. The molecule has 2 aromatic carbocycles. The van der Waals surface area contributed by atoms with Gasteiger partial charge in [-0.15, -0.1) is 0 Å². The molecule has 2 aliphatic heterocycles. The quantitative estimate of drug-likeness (QED) is 0.572. The summed E-state index contributed by atoms with van der Waals surface area (Å²) in [6, 6.07) is 9.24. The third kappa shape index (κ3) is 4.75. The largest absolute Gasteiger partial charge is 0.492 e. The fourth-order valence-electron chi connectivity index (χ4n) is 4.35. The minimum absolute atomic E-state index is 0.0143. The van der Waals surface area contributed by atoms with E-state index >= 15 is 0 Å². The first-order valence-electron chi connectivity index (χ1n) is 10.3. The van der Waals surface area contributed by atoms with Gasteiger partial charge in [-0.1, -0.05) is 47.8 Å². The van der Waals surface area contributed by atoms with Crippen molar-refractivity contribution in [2.24, 2.45) is 5.92 Å². The second kappa shape index (κ2) is 9.07. The van der Waals surface area contributed by atoms with E-state index in [1.165, 1.54) is 5.56 Å². The van der Waals surface area contributed by atoms with Crippen LogP contribution in [0.3, 0.4) is 0 Å². The zero-order valence-corrected chi connectivity index (χ0v) is 19.4. The van der Waals surface area contributed by atoms with Gasteiger partial charge in [-0.05, 0) is 44.1 Å². The lowest BCUT2D eigenvalue weighted by Gasteiger charge is -2.39. The summed E-state index contributed by atoms with van der Waals surface area (Å²) < 4.78 is 12.0. The highest BCUT2D eigenvalue weighted by Gasteiger charge is 2.43. The molecule has 0 radical (unpaired) electrons. The van der Waals surface area contributed by atoms with Gasteiger partial charge in [0.05, 0.1) is 22.6 Å². The molecule has 1 unspecified atom stereocenters. The number of piperidine rings is 1. The average Bonchev–Trinajstić information content (AvgIpc) is 3.06. The Hall–Kier alpha value is -1.66. The second-order valence-corrected chi connectivity index (χ2v) is 9.65. The van der Waals surface area contributed by atoms with Crippen molar-refractivity contribution in [1.82, 2.24) is 4.90 Å². The predicted octanol–water partition coefficient (Wildman–Crippen LogP) is 5.67. The van der Waals surface area contributed by atoms with E-state index in [0.29, 0.717) is 39.5 Å². The molecule has 5 nitrogen and oxygen atoms in total. The minimum Gasteiger partial charge on any atom is -0.492 e. The number of rotatable bonds is 6. The molecule has 0 aliphatic carbocycles. The number of ether oxygens (including phenoxy) is 2. The van der Waals surface area contributed by atoms with Crippen LogP contribution in [0.2, 0.25) is 15.1 Å². The number of hydrogen-bond donors (Lipinski definition) is 1. The molecule has 2 aromatic rings. The van der Waals surface area contributed by atoms with Gasteiger partial charge in [0, 0.05) is 34.2 Å². The van der Waals surface area contributed by atoms with Crippen LogP contribution < -0.4 is 9.47 Å². The van der Waals surface area contributed by atoms with Gasteiger partial charge in [-0.2, -0.15) is 0 Å². The predicted molar refractivity (Wildman–Crippen MR) is 122 cm³/mol. The van der Waals surface area contributed by atoms with Crippen LogP contribution in [0.15, 0.2) is 30.3 Å². The number of carboxylic acid groups (broad SMARTS) is 1. The zero-order chi connectivity index (χ0) is 22.2. The fourth-order valence-corrected chi connectivity index (χ4v) is 5.28. The molecule has 1 atom stereocenters. The van der Waals surface area contributed by atoms with Crippen molar-refractivity contribution in [2.75, 3.05) is 26.2 Å². The monoisotopic (exact) mass is 483 g/mol. The highest BCUT2D eigenvalue weighted by atomic mass is 35.5. The van der Waals surface area contributed by atoms with Crippen molar-refractivity contribution < 1.29 is 19.4 Å². The Morgan fingerprint density at radius 2 is 1.87 bits per heavy atom. The first kappa shape index (κ1) is 22.5. The Labute approximate surface area is 196 Å². The molecule has 2 heterocycles. The van der Waals surface area contributed by atoms with E-state index in [2.05, 4.69) is 11.0 Å². The SMILES string of the molecule is CC(CN1CCC2(CC1)COc1cc(OCc3c(Cl)cc(Cl)cc3Cl)ccc12)C(=O)O. The highest BCUT2D eigenvalue weighted by molar-refractivity contribution is 6.39. The Bertz CT molecular complexity index is 966. The Morgan fingerprint density at radius 3 is 2.52 bits per heavy atom. The first-order chi connectivity index (χ1) is 14.8. The van der Waals surface area contributed by atoms with Crippen LogP contribution in [-0.2, 0) is 16.8 Å². The number of hydrogen-bond acceptors (Lipinski definition) is 4. The maximum absolute atomic E-state index is 11.1. The van der Waals surface area contributed by atoms with Crippen LogP contribution in [0, 0.1) is 5.92 Å². The van der Waals surface area contributed by atoms with Gasteiger partial charge < -0.3 is 19.5 Å². The second-order valence-electron chi connectivity index (χ2n) is 8.40. The van der Waals surface area contributed by atoms with Crippen molar-refractivity contribution in [3.05, 3.63) is 56.5 Å². The molecule has 4 rings (SSSR count). The summed E-state index contributed by atoms with van der Waals surface area (Å²) in [6.45, 7) is 4.95. The molecule has 0 bridgehead atoms. The van der Waals surface area contributed by atoms with Crippen molar-refractivity contribution >= 4 is 40.8 Å². The number of aliphatic carboxylic acids is 1. The van der Waals surface area contributed by atoms with Gasteiger partial charge in [0.25, 0.3) is 0 Å². The molecular weight excluding hydrogens is 461 g/mol. The van der Waals surface area contributed by atoms with Gasteiger partial charge in [0.1, 0.15) is 18.1 Å². The summed E-state index contributed by atoms with van der Waals surface area (Å²) >= 11 is 18.5. The molecular formula is C23H24Cl3NO4. The normalized spacial score (nSPS) is 18.5. The maximum atomic E-state index is 11.1. The molecule has 2 aliphatic rings. The number of halogens is 3. The smallest absolute Gasteiger partial charge is 0.307 e. The maximum Gasteiger partial charge on any atom is 0.307 e. The van der Waals surface area contributed by atoms with E-state index < -0.39 is 5.97 Å². The molecule has 1 saturated heterocycles. The third-order valence-corrected chi connectivity index (χ3v) is 7.18. The van der Waals surface area contributed by atoms with Gasteiger partial charge >= 0.3 is 5.97 Å². The van der Waals surface area contributed by atoms with Gasteiger partial charge in [0.2, 0.25) is 0 Å². The van der Waals surface area contributed by atoms with Crippen molar-refractivity contribution in [3.8, 4) is 11.5 Å². The van der Waals surface area contributed by atoms with E-state index in [4.69, 9.17) is 49.4 Å². The summed E-state index contributed by atoms with van der Waals surface area (Å²) in [6.07, 6.45) is 1.89. The minimum atomic E-state index is -0.747. The van der Waals surface area contributed by atoms with E-state index in [1.54, 1.807) is 19.1 Å². The summed E-state index contributed by atoms with van der Waals surface area (Å²) in [5.41, 5.74) is 1.88. The number of carbonyl (C=O) groups is 1. The lowest BCUT2D eigenvalue weighted by Crippen LogP contribution is -2.45. The Kier molecular flexibility index (Phi) is 6.59. The van der Waals surface area contributed by atoms with Gasteiger partial charge in [-0.25, -0.2) is 0 Å². The fraction of sp³-hybridized carbons (Fsp3) is 0.435. The molecule has 8 heteroatoms. The molecule has 166 valence electrons. The summed E-state index contributed by atoms with van der Waals surface area (Å²) in [5.74, 6) is 0.427. The van der Waals surface area contributed by atoms with E-state index in [1.807, 2.05) is 12.1 Å². The lowest BCUT2D eigenvalue weighted by molar-refractivity contribution is -0.141. The third-order valence-electron chi connectivity index (χ3n) is 6.28. The lowest BCUT2D eigenvalue weighted by atomic mass is 9.74. The molecule has 1 N–H and O–H groups in total. The number of nitrogens with zero attached hydrogens (tertiary/aromatic N) is 1. The van der Waals surface area contributed by atoms with Crippen LogP contribution >= 0.6 is 34.8 Å².